The van der Waals surface area contributed by atoms with Gasteiger partial charge in [0, 0.05) is 11.1 Å². The van der Waals surface area contributed by atoms with E-state index in [1.54, 1.807) is 24.3 Å². The van der Waals surface area contributed by atoms with Crippen LogP contribution >= 0.6 is 23.2 Å². The monoisotopic (exact) mass is 466 g/mol. The molecule has 1 N–H and O–H groups in total. The molecule has 0 radical (unpaired) electrons. The number of para-hydroxylation sites is 2. The van der Waals surface area contributed by atoms with Gasteiger partial charge in [0.15, 0.2) is 0 Å². The fourth-order valence-electron chi connectivity index (χ4n) is 3.25. The fraction of sp³-hybridized carbons (Fsp3) is 0.120. The Morgan fingerprint density at radius 2 is 1.75 bits per heavy atom. The summed E-state index contributed by atoms with van der Waals surface area (Å²) >= 11 is 12.6. The summed E-state index contributed by atoms with van der Waals surface area (Å²) in [6, 6.07) is 22.6. The van der Waals surface area contributed by atoms with Gasteiger partial charge in [-0.2, -0.15) is 0 Å². The lowest BCUT2D eigenvalue weighted by molar-refractivity contribution is -0.139. The van der Waals surface area contributed by atoms with E-state index >= 15 is 0 Å². The summed E-state index contributed by atoms with van der Waals surface area (Å²) in [5, 5.41) is 5.25. The van der Waals surface area contributed by atoms with Crippen LogP contribution in [0.3, 0.4) is 0 Å². The van der Waals surface area contributed by atoms with Gasteiger partial charge in [0.05, 0.1) is 40.5 Å². The molecule has 1 aromatic heterocycles. The van der Waals surface area contributed by atoms with Gasteiger partial charge in [-0.3, -0.25) is 4.79 Å². The van der Waals surface area contributed by atoms with Crippen molar-refractivity contribution in [3.05, 3.63) is 94.1 Å². The standard InChI is InChI=1S/C25H20Cl2N2O3/c1-31-24(30)14-17-13-19(11-12-23(17)29-25-20(26)6-4-7-21(25)27)32-15-18-10-9-16-5-2-3-8-22(16)28-18/h2-13,29H,14-15H2,1H3. The number of fused-ring (bicyclic) bond motifs is 1. The lowest BCUT2D eigenvalue weighted by Gasteiger charge is -2.16. The number of ether oxygens (including phenoxy) is 2. The Bertz CT molecular complexity index is 1260. The highest BCUT2D eigenvalue weighted by Crippen LogP contribution is 2.35. The van der Waals surface area contributed by atoms with Gasteiger partial charge in [-0.15, -0.1) is 0 Å². The number of aromatic nitrogens is 1. The third-order valence-corrected chi connectivity index (χ3v) is 5.53. The number of halogens is 2. The van der Waals surface area contributed by atoms with E-state index in [-0.39, 0.29) is 12.4 Å². The van der Waals surface area contributed by atoms with Crippen LogP contribution < -0.4 is 10.1 Å². The van der Waals surface area contributed by atoms with E-state index in [0.29, 0.717) is 39.3 Å². The van der Waals surface area contributed by atoms with Crippen LogP contribution in [0.4, 0.5) is 11.4 Å². The number of rotatable bonds is 7. The molecule has 0 saturated heterocycles. The number of hydrogen-bond donors (Lipinski definition) is 1. The van der Waals surface area contributed by atoms with E-state index in [2.05, 4.69) is 10.3 Å². The number of hydrogen-bond acceptors (Lipinski definition) is 5. The minimum absolute atomic E-state index is 0.0618. The fourth-order valence-corrected chi connectivity index (χ4v) is 3.75. The van der Waals surface area contributed by atoms with Crippen molar-refractivity contribution in [2.75, 3.05) is 12.4 Å². The second-order valence-corrected chi connectivity index (χ2v) is 7.89. The number of carbonyl (C=O) groups is 1. The van der Waals surface area contributed by atoms with Gasteiger partial charge in [0.2, 0.25) is 0 Å². The van der Waals surface area contributed by atoms with Gasteiger partial charge in [-0.25, -0.2) is 4.98 Å². The molecule has 5 nitrogen and oxygen atoms in total. The average molecular weight is 467 g/mol. The van der Waals surface area contributed by atoms with Crippen molar-refractivity contribution in [1.29, 1.82) is 0 Å². The number of methoxy groups -OCH3 is 1. The lowest BCUT2D eigenvalue weighted by Crippen LogP contribution is -2.08. The summed E-state index contributed by atoms with van der Waals surface area (Å²) in [5.74, 6) is 0.237. The first-order valence-corrected chi connectivity index (χ1v) is 10.7. The van der Waals surface area contributed by atoms with Crippen molar-refractivity contribution in [1.82, 2.24) is 4.98 Å². The molecule has 1 heterocycles. The maximum absolute atomic E-state index is 12.0. The zero-order valence-electron chi connectivity index (χ0n) is 17.3. The average Bonchev–Trinajstić information content (AvgIpc) is 2.81. The molecule has 7 heteroatoms. The van der Waals surface area contributed by atoms with Crippen LogP contribution in [0.2, 0.25) is 10.0 Å². The number of anilines is 2. The summed E-state index contributed by atoms with van der Waals surface area (Å²) in [7, 11) is 1.35. The minimum Gasteiger partial charge on any atom is -0.487 e. The molecular formula is C25H20Cl2N2O3. The molecular weight excluding hydrogens is 447 g/mol. The van der Waals surface area contributed by atoms with Crippen molar-refractivity contribution in [2.24, 2.45) is 0 Å². The zero-order valence-corrected chi connectivity index (χ0v) is 18.8. The molecule has 4 aromatic rings. The smallest absolute Gasteiger partial charge is 0.310 e. The molecule has 0 aliphatic rings. The summed E-state index contributed by atoms with van der Waals surface area (Å²) in [6.45, 7) is 0.297. The summed E-state index contributed by atoms with van der Waals surface area (Å²) in [5.41, 5.74) is 3.66. The van der Waals surface area contributed by atoms with Crippen molar-refractivity contribution < 1.29 is 14.3 Å². The van der Waals surface area contributed by atoms with E-state index in [0.717, 1.165) is 16.6 Å². The molecule has 0 aliphatic heterocycles. The van der Waals surface area contributed by atoms with E-state index in [1.807, 2.05) is 48.5 Å². The Morgan fingerprint density at radius 1 is 0.969 bits per heavy atom. The third kappa shape index (κ3) is 5.13. The second kappa shape index (κ2) is 9.90. The summed E-state index contributed by atoms with van der Waals surface area (Å²) in [4.78, 5) is 16.6. The van der Waals surface area contributed by atoms with Crippen LogP contribution in [0.15, 0.2) is 72.8 Å². The van der Waals surface area contributed by atoms with Gasteiger partial charge >= 0.3 is 5.97 Å². The second-order valence-electron chi connectivity index (χ2n) is 7.08. The molecule has 0 atom stereocenters. The molecule has 0 fully saturated rings. The highest BCUT2D eigenvalue weighted by atomic mass is 35.5. The maximum atomic E-state index is 12.0. The highest BCUT2D eigenvalue weighted by Gasteiger charge is 2.13. The molecule has 32 heavy (non-hydrogen) atoms. The van der Waals surface area contributed by atoms with Crippen LogP contribution in [-0.4, -0.2) is 18.1 Å². The SMILES string of the molecule is COC(=O)Cc1cc(OCc2ccc3ccccc3n2)ccc1Nc1c(Cl)cccc1Cl. The largest absolute Gasteiger partial charge is 0.487 e. The topological polar surface area (TPSA) is 60.5 Å². The van der Waals surface area contributed by atoms with Gasteiger partial charge < -0.3 is 14.8 Å². The predicted octanol–water partition coefficient (Wildman–Crippen LogP) is 6.58. The Balaban J connectivity index is 1.57. The summed E-state index contributed by atoms with van der Waals surface area (Å²) < 4.78 is 10.8. The van der Waals surface area contributed by atoms with E-state index < -0.39 is 0 Å². The number of pyridine rings is 1. The van der Waals surface area contributed by atoms with Crippen molar-refractivity contribution >= 4 is 51.4 Å². The molecule has 0 saturated carbocycles. The van der Waals surface area contributed by atoms with Gasteiger partial charge in [0.1, 0.15) is 12.4 Å². The van der Waals surface area contributed by atoms with E-state index in [1.165, 1.54) is 7.11 Å². The lowest BCUT2D eigenvalue weighted by atomic mass is 10.1. The van der Waals surface area contributed by atoms with Crippen molar-refractivity contribution in [3.63, 3.8) is 0 Å². The van der Waals surface area contributed by atoms with Gasteiger partial charge in [-0.05, 0) is 48.0 Å². The number of esters is 1. The van der Waals surface area contributed by atoms with E-state index in [4.69, 9.17) is 32.7 Å². The number of benzene rings is 3. The third-order valence-electron chi connectivity index (χ3n) is 4.90. The van der Waals surface area contributed by atoms with Crippen LogP contribution in [-0.2, 0) is 22.6 Å². The van der Waals surface area contributed by atoms with Crippen molar-refractivity contribution in [3.8, 4) is 5.75 Å². The van der Waals surface area contributed by atoms with Crippen LogP contribution in [0, 0.1) is 0 Å². The molecule has 0 spiro atoms. The Hall–Kier alpha value is -3.28. The quantitative estimate of drug-likeness (QED) is 0.311. The molecule has 0 amide bonds. The van der Waals surface area contributed by atoms with Gasteiger partial charge in [-0.1, -0.05) is 53.5 Å². The maximum Gasteiger partial charge on any atom is 0.310 e. The van der Waals surface area contributed by atoms with E-state index in [9.17, 15) is 4.79 Å². The number of carbonyl (C=O) groups excluding carboxylic acids is 1. The Morgan fingerprint density at radius 3 is 2.53 bits per heavy atom. The molecule has 162 valence electrons. The molecule has 4 rings (SSSR count). The first kappa shape index (κ1) is 21.9. The first-order valence-electron chi connectivity index (χ1n) is 9.92. The minimum atomic E-state index is -0.369. The zero-order chi connectivity index (χ0) is 22.5. The molecule has 0 aliphatic carbocycles. The number of nitrogens with zero attached hydrogens (tertiary/aromatic N) is 1. The first-order chi connectivity index (χ1) is 15.5. The predicted molar refractivity (Wildman–Crippen MR) is 128 cm³/mol. The Kier molecular flexibility index (Phi) is 6.78. The van der Waals surface area contributed by atoms with Crippen molar-refractivity contribution in [2.45, 2.75) is 13.0 Å². The van der Waals surface area contributed by atoms with Crippen LogP contribution in [0.1, 0.15) is 11.3 Å². The molecule has 0 unspecified atom stereocenters. The Labute approximate surface area is 195 Å². The van der Waals surface area contributed by atoms with Crippen LogP contribution in [0.5, 0.6) is 5.75 Å². The summed E-state index contributed by atoms with van der Waals surface area (Å²) in [6.07, 6.45) is 0.0618. The molecule has 0 bridgehead atoms. The molecule has 3 aromatic carbocycles. The normalized spacial score (nSPS) is 10.7. The highest BCUT2D eigenvalue weighted by molar-refractivity contribution is 6.39. The van der Waals surface area contributed by atoms with Crippen LogP contribution in [0.25, 0.3) is 10.9 Å². The van der Waals surface area contributed by atoms with Gasteiger partial charge in [0.25, 0.3) is 0 Å². The number of nitrogens with one attached hydrogen (secondary N) is 1.